The van der Waals surface area contributed by atoms with E-state index in [2.05, 4.69) is 15.6 Å². The minimum atomic E-state index is -1.18. The fourth-order valence-electron chi connectivity index (χ4n) is 5.76. The molecular weight excluding hydrogens is 507 g/mol. The summed E-state index contributed by atoms with van der Waals surface area (Å²) in [6, 6.07) is 4.41. The first-order chi connectivity index (χ1) is 18.3. The Balaban J connectivity index is 1.76. The maximum Gasteiger partial charge on any atom is 0.311 e. The molecule has 0 saturated heterocycles. The molecule has 210 valence electrons. The Hall–Kier alpha value is -3.80. The second-order valence-electron chi connectivity index (χ2n) is 11.3. The number of nitrogens with one attached hydrogen (secondary N) is 2. The van der Waals surface area contributed by atoms with E-state index >= 15 is 0 Å². The Morgan fingerprint density at radius 2 is 1.79 bits per heavy atom. The van der Waals surface area contributed by atoms with E-state index in [-0.39, 0.29) is 30.1 Å². The van der Waals surface area contributed by atoms with Crippen LogP contribution in [0.4, 0.5) is 4.39 Å². The van der Waals surface area contributed by atoms with Gasteiger partial charge in [0.05, 0.1) is 5.54 Å². The van der Waals surface area contributed by atoms with Gasteiger partial charge in [0, 0.05) is 39.1 Å². The first kappa shape index (κ1) is 28.2. The van der Waals surface area contributed by atoms with Crippen molar-refractivity contribution in [3.05, 3.63) is 57.0 Å². The standard InChI is InChI=1S/C27H35FN6O5/c1-16-12-17(6-7-18(16)28)13-29-21(36)19-20(35)23(38)34-15-26(14-32(2)3)8-10-27(11-9-26,25(34)30-19)31-22(37)24(39)33(4)5/h6-7,12,35H,8-11,13-15H2,1-5H3,(H,29,36)(H,31,37). The molecule has 2 bridgehead atoms. The van der Waals surface area contributed by atoms with Crippen LogP contribution in [0.25, 0.3) is 0 Å². The molecule has 39 heavy (non-hydrogen) atoms. The Kier molecular flexibility index (Phi) is 7.53. The molecule has 2 aromatic rings. The average Bonchev–Trinajstić information content (AvgIpc) is 3.08. The molecular formula is C27H35FN6O5. The highest BCUT2D eigenvalue weighted by molar-refractivity contribution is 6.35. The van der Waals surface area contributed by atoms with Crippen LogP contribution in [0.2, 0.25) is 0 Å². The van der Waals surface area contributed by atoms with E-state index in [1.54, 1.807) is 13.0 Å². The first-order valence-corrected chi connectivity index (χ1v) is 12.8. The van der Waals surface area contributed by atoms with Gasteiger partial charge in [0.15, 0.2) is 5.69 Å². The summed E-state index contributed by atoms with van der Waals surface area (Å²) < 4.78 is 15.0. The van der Waals surface area contributed by atoms with Gasteiger partial charge in [0.2, 0.25) is 5.75 Å². The zero-order valence-electron chi connectivity index (χ0n) is 22.9. The molecule has 3 aliphatic rings. The number of benzene rings is 1. The molecule has 3 heterocycles. The van der Waals surface area contributed by atoms with E-state index in [1.165, 1.54) is 30.8 Å². The Morgan fingerprint density at radius 3 is 2.38 bits per heavy atom. The lowest BCUT2D eigenvalue weighted by Crippen LogP contribution is -2.54. The summed E-state index contributed by atoms with van der Waals surface area (Å²) in [6.07, 6.45) is 2.08. The molecule has 0 spiro atoms. The molecule has 1 saturated carbocycles. The van der Waals surface area contributed by atoms with Crippen molar-refractivity contribution in [1.29, 1.82) is 0 Å². The third kappa shape index (κ3) is 5.38. The van der Waals surface area contributed by atoms with Crippen LogP contribution in [-0.2, 0) is 28.2 Å². The van der Waals surface area contributed by atoms with Crippen LogP contribution in [0, 0.1) is 18.2 Å². The molecule has 1 aromatic heterocycles. The number of likely N-dealkylation sites (N-methyl/N-ethyl adjacent to an activating group) is 1. The predicted octanol–water partition coefficient (Wildman–Crippen LogP) is 0.862. The molecule has 1 fully saturated rings. The highest BCUT2D eigenvalue weighted by Crippen LogP contribution is 2.49. The van der Waals surface area contributed by atoms with Gasteiger partial charge >= 0.3 is 11.8 Å². The van der Waals surface area contributed by atoms with E-state index in [1.807, 2.05) is 19.0 Å². The van der Waals surface area contributed by atoms with Crippen molar-refractivity contribution in [2.75, 3.05) is 34.7 Å². The zero-order chi connectivity index (χ0) is 28.7. The number of hydrogen-bond donors (Lipinski definition) is 3. The molecule has 0 radical (unpaired) electrons. The second-order valence-corrected chi connectivity index (χ2v) is 11.3. The molecule has 5 rings (SSSR count). The van der Waals surface area contributed by atoms with Crippen molar-refractivity contribution in [2.45, 2.75) is 51.2 Å². The summed E-state index contributed by atoms with van der Waals surface area (Å²) in [5.41, 5.74) is -1.71. The van der Waals surface area contributed by atoms with Crippen molar-refractivity contribution >= 4 is 17.7 Å². The van der Waals surface area contributed by atoms with Gasteiger partial charge in [-0.2, -0.15) is 0 Å². The van der Waals surface area contributed by atoms with E-state index in [0.29, 0.717) is 43.4 Å². The van der Waals surface area contributed by atoms with Crippen molar-refractivity contribution in [1.82, 2.24) is 30.0 Å². The number of nitrogens with zero attached hydrogens (tertiary/aromatic N) is 4. The number of fused-ring (bicyclic) bond motifs is 2. The summed E-state index contributed by atoms with van der Waals surface area (Å²) in [5, 5.41) is 16.3. The predicted molar refractivity (Wildman–Crippen MR) is 140 cm³/mol. The smallest absolute Gasteiger partial charge is 0.311 e. The number of rotatable bonds is 6. The fraction of sp³-hybridized carbons (Fsp3) is 0.519. The Bertz CT molecular complexity index is 1380. The van der Waals surface area contributed by atoms with Crippen LogP contribution in [0.3, 0.4) is 0 Å². The molecule has 3 N–H and O–H groups in total. The van der Waals surface area contributed by atoms with Crippen molar-refractivity contribution in [2.24, 2.45) is 5.41 Å². The lowest BCUT2D eigenvalue weighted by Gasteiger charge is -2.43. The highest BCUT2D eigenvalue weighted by Gasteiger charge is 2.52. The van der Waals surface area contributed by atoms with Gasteiger partial charge in [0.1, 0.15) is 11.6 Å². The number of carbonyl (C=O) groups excluding carboxylic acids is 3. The number of carbonyl (C=O) groups is 3. The SMILES string of the molecule is Cc1cc(CNC(=O)c2nc3n(c(=O)c2O)CC2(CN(C)C)CCC3(NC(=O)C(=O)N(C)C)CC2)ccc1F. The molecule has 0 unspecified atom stereocenters. The minimum absolute atomic E-state index is 0.0185. The van der Waals surface area contributed by atoms with Gasteiger partial charge in [-0.05, 0) is 63.9 Å². The van der Waals surface area contributed by atoms with Gasteiger partial charge < -0.3 is 25.5 Å². The zero-order valence-corrected chi connectivity index (χ0v) is 22.9. The topological polar surface area (TPSA) is 137 Å². The van der Waals surface area contributed by atoms with Gasteiger partial charge in [-0.1, -0.05) is 12.1 Å². The highest BCUT2D eigenvalue weighted by atomic mass is 19.1. The summed E-state index contributed by atoms with van der Waals surface area (Å²) >= 11 is 0. The van der Waals surface area contributed by atoms with Crippen molar-refractivity contribution < 1.29 is 23.9 Å². The summed E-state index contributed by atoms with van der Waals surface area (Å²) in [5.74, 6) is -3.40. The lowest BCUT2D eigenvalue weighted by molar-refractivity contribution is -0.145. The third-order valence-corrected chi connectivity index (χ3v) is 7.73. The number of halogens is 1. The molecule has 0 atom stereocenters. The summed E-state index contributed by atoms with van der Waals surface area (Å²) in [6.45, 7) is 2.54. The fourth-order valence-corrected chi connectivity index (χ4v) is 5.76. The number of amides is 3. The van der Waals surface area contributed by atoms with Crippen LogP contribution in [0.1, 0.15) is 53.1 Å². The third-order valence-electron chi connectivity index (χ3n) is 7.73. The van der Waals surface area contributed by atoms with E-state index in [0.717, 1.165) is 4.90 Å². The van der Waals surface area contributed by atoms with Crippen LogP contribution >= 0.6 is 0 Å². The largest absolute Gasteiger partial charge is 0.501 e. The monoisotopic (exact) mass is 542 g/mol. The number of aromatic nitrogens is 2. The van der Waals surface area contributed by atoms with E-state index in [4.69, 9.17) is 0 Å². The van der Waals surface area contributed by atoms with E-state index in [9.17, 15) is 28.7 Å². The molecule has 12 heteroatoms. The van der Waals surface area contributed by atoms with Gasteiger partial charge in [-0.15, -0.1) is 0 Å². The summed E-state index contributed by atoms with van der Waals surface area (Å²) in [4.78, 5) is 59.7. The molecule has 1 aliphatic carbocycles. The average molecular weight is 543 g/mol. The maximum atomic E-state index is 13.6. The molecule has 1 aromatic carbocycles. The van der Waals surface area contributed by atoms with E-state index < -0.39 is 40.3 Å². The molecule has 3 amide bonds. The molecule has 2 aliphatic heterocycles. The van der Waals surface area contributed by atoms with Crippen LogP contribution in [0.15, 0.2) is 23.0 Å². The molecule has 11 nitrogen and oxygen atoms in total. The number of aryl methyl sites for hydroxylation is 1. The van der Waals surface area contributed by atoms with Crippen molar-refractivity contribution in [3.63, 3.8) is 0 Å². The maximum absolute atomic E-state index is 13.6. The normalized spacial score (nSPS) is 21.7. The van der Waals surface area contributed by atoms with Crippen LogP contribution in [0.5, 0.6) is 5.75 Å². The minimum Gasteiger partial charge on any atom is -0.501 e. The lowest BCUT2D eigenvalue weighted by atomic mass is 9.68. The van der Waals surface area contributed by atoms with Crippen LogP contribution < -0.4 is 16.2 Å². The van der Waals surface area contributed by atoms with Gasteiger partial charge in [0.25, 0.3) is 11.5 Å². The number of aromatic hydroxyl groups is 1. The van der Waals surface area contributed by atoms with Gasteiger partial charge in [-0.3, -0.25) is 23.7 Å². The quantitative estimate of drug-likeness (QED) is 0.461. The summed E-state index contributed by atoms with van der Waals surface area (Å²) in [7, 11) is 6.81. The first-order valence-electron chi connectivity index (χ1n) is 12.8. The Labute approximate surface area is 226 Å². The van der Waals surface area contributed by atoms with Crippen LogP contribution in [-0.4, -0.2) is 76.9 Å². The van der Waals surface area contributed by atoms with Crippen molar-refractivity contribution in [3.8, 4) is 5.75 Å². The number of hydrogen-bond acceptors (Lipinski definition) is 7. The van der Waals surface area contributed by atoms with Gasteiger partial charge in [-0.25, -0.2) is 9.37 Å². The Morgan fingerprint density at radius 1 is 1.13 bits per heavy atom. The second kappa shape index (κ2) is 10.4.